The Hall–Kier alpha value is 0.940. The molecule has 0 aromatic carbocycles. The van der Waals surface area contributed by atoms with Crippen LogP contribution in [0, 0.1) is 10.8 Å². The van der Waals surface area contributed by atoms with E-state index in [1.807, 2.05) is 0 Å². The highest BCUT2D eigenvalue weighted by Crippen LogP contribution is 2.65. The molecule has 0 N–H and O–H groups in total. The molecule has 0 nitrogen and oxygen atoms in total. The van der Waals surface area contributed by atoms with Crippen molar-refractivity contribution < 1.29 is 0 Å². The standard InChI is InChI=1S/C12H16I2/c1-3-11-5-9(13)7-12(11,4-2)8-10(14)6-11/h5,8H,3-4,6-7H2,1-2H3/t11-,12+/m1/s1. The summed E-state index contributed by atoms with van der Waals surface area (Å²) in [5, 5.41) is 0. The van der Waals surface area contributed by atoms with Gasteiger partial charge in [0.25, 0.3) is 0 Å². The summed E-state index contributed by atoms with van der Waals surface area (Å²) in [7, 11) is 0. The van der Waals surface area contributed by atoms with E-state index in [-0.39, 0.29) is 0 Å². The highest BCUT2D eigenvalue weighted by Gasteiger charge is 2.53. The molecule has 0 aliphatic heterocycles. The zero-order chi connectivity index (χ0) is 10.4. The fourth-order valence-electron chi connectivity index (χ4n) is 3.20. The van der Waals surface area contributed by atoms with Crippen LogP contribution in [-0.2, 0) is 0 Å². The molecule has 78 valence electrons. The van der Waals surface area contributed by atoms with Gasteiger partial charge in [0, 0.05) is 10.8 Å². The number of hydrogen-bond acceptors (Lipinski definition) is 0. The van der Waals surface area contributed by atoms with E-state index in [9.17, 15) is 0 Å². The predicted octanol–water partition coefficient (Wildman–Crippen LogP) is 5.22. The lowest BCUT2D eigenvalue weighted by molar-refractivity contribution is 0.167. The maximum Gasteiger partial charge on any atom is 0.00286 e. The SMILES string of the molecule is CC[C@]12C=C(I)C[C@@]1(CC)C=C(I)C2. The second-order valence-electron chi connectivity index (χ2n) is 4.56. The van der Waals surface area contributed by atoms with Crippen LogP contribution in [0.3, 0.4) is 0 Å². The molecule has 0 fully saturated rings. The van der Waals surface area contributed by atoms with E-state index in [1.54, 1.807) is 7.16 Å². The summed E-state index contributed by atoms with van der Waals surface area (Å²) >= 11 is 5.05. The van der Waals surface area contributed by atoms with E-state index in [1.165, 1.54) is 25.7 Å². The summed E-state index contributed by atoms with van der Waals surface area (Å²) in [6.07, 6.45) is 10.2. The number of halogens is 2. The highest BCUT2D eigenvalue weighted by molar-refractivity contribution is 14.1. The molecule has 0 saturated carbocycles. The fourth-order valence-corrected chi connectivity index (χ4v) is 5.76. The number of allylic oxidation sites excluding steroid dienone is 4. The molecule has 2 rings (SSSR count). The molecule has 0 aromatic rings. The minimum absolute atomic E-state index is 0.467. The zero-order valence-corrected chi connectivity index (χ0v) is 13.1. The first-order chi connectivity index (χ1) is 6.57. The Labute approximate surface area is 114 Å². The van der Waals surface area contributed by atoms with Gasteiger partial charge in [-0.2, -0.15) is 0 Å². The van der Waals surface area contributed by atoms with Crippen LogP contribution < -0.4 is 0 Å². The van der Waals surface area contributed by atoms with Crippen molar-refractivity contribution in [2.24, 2.45) is 10.8 Å². The number of fused-ring (bicyclic) bond motifs is 1. The molecule has 2 aliphatic carbocycles. The summed E-state index contributed by atoms with van der Waals surface area (Å²) in [4.78, 5) is 0. The van der Waals surface area contributed by atoms with Gasteiger partial charge >= 0.3 is 0 Å². The third kappa shape index (κ3) is 1.43. The van der Waals surface area contributed by atoms with Crippen LogP contribution >= 0.6 is 45.2 Å². The van der Waals surface area contributed by atoms with Crippen LogP contribution in [0.25, 0.3) is 0 Å². The average Bonchev–Trinajstić information content (AvgIpc) is 2.52. The molecule has 0 heterocycles. The van der Waals surface area contributed by atoms with Crippen molar-refractivity contribution in [3.63, 3.8) is 0 Å². The molecule has 2 atom stereocenters. The van der Waals surface area contributed by atoms with Crippen LogP contribution in [-0.4, -0.2) is 0 Å². The first kappa shape index (κ1) is 11.4. The Bertz CT molecular complexity index is 284. The molecule has 0 saturated heterocycles. The minimum atomic E-state index is 0.467. The quantitative estimate of drug-likeness (QED) is 0.544. The van der Waals surface area contributed by atoms with Gasteiger partial charge in [0.05, 0.1) is 0 Å². The van der Waals surface area contributed by atoms with E-state index in [0.29, 0.717) is 10.8 Å². The van der Waals surface area contributed by atoms with Gasteiger partial charge < -0.3 is 0 Å². The molecule has 0 spiro atoms. The molecule has 0 aromatic heterocycles. The van der Waals surface area contributed by atoms with Gasteiger partial charge in [0.1, 0.15) is 0 Å². The van der Waals surface area contributed by atoms with E-state index in [0.717, 1.165) is 0 Å². The second kappa shape index (κ2) is 3.75. The molecular weight excluding hydrogens is 398 g/mol. The molecule has 0 amide bonds. The fraction of sp³-hybridized carbons (Fsp3) is 0.667. The summed E-state index contributed by atoms with van der Waals surface area (Å²) in [6, 6.07) is 0. The Morgan fingerprint density at radius 1 is 1.00 bits per heavy atom. The molecule has 2 aliphatic rings. The van der Waals surface area contributed by atoms with Crippen LogP contribution in [0.5, 0.6) is 0 Å². The molecule has 14 heavy (non-hydrogen) atoms. The Morgan fingerprint density at radius 3 is 1.64 bits per heavy atom. The average molecular weight is 414 g/mol. The maximum absolute atomic E-state index is 2.55. The number of rotatable bonds is 2. The zero-order valence-electron chi connectivity index (χ0n) is 8.74. The van der Waals surface area contributed by atoms with Crippen LogP contribution in [0.1, 0.15) is 39.5 Å². The number of hydrogen-bond donors (Lipinski definition) is 0. The van der Waals surface area contributed by atoms with Gasteiger partial charge in [-0.05, 0) is 78.0 Å². The van der Waals surface area contributed by atoms with Gasteiger partial charge in [-0.15, -0.1) is 0 Å². The van der Waals surface area contributed by atoms with E-state index in [4.69, 9.17) is 0 Å². The van der Waals surface area contributed by atoms with Crippen molar-refractivity contribution in [3.05, 3.63) is 19.3 Å². The van der Waals surface area contributed by atoms with E-state index in [2.05, 4.69) is 71.2 Å². The van der Waals surface area contributed by atoms with Crippen LogP contribution in [0.15, 0.2) is 19.3 Å². The van der Waals surface area contributed by atoms with Gasteiger partial charge in [0.2, 0.25) is 0 Å². The van der Waals surface area contributed by atoms with Crippen molar-refractivity contribution in [1.82, 2.24) is 0 Å². The smallest absolute Gasteiger partial charge is 0.00286 e. The van der Waals surface area contributed by atoms with Crippen molar-refractivity contribution in [1.29, 1.82) is 0 Å². The third-order valence-corrected chi connectivity index (χ3v) is 5.47. The van der Waals surface area contributed by atoms with Gasteiger partial charge in [0.15, 0.2) is 0 Å². The van der Waals surface area contributed by atoms with Crippen LogP contribution in [0.2, 0.25) is 0 Å². The minimum Gasteiger partial charge on any atom is -0.0678 e. The van der Waals surface area contributed by atoms with Crippen LogP contribution in [0.4, 0.5) is 0 Å². The topological polar surface area (TPSA) is 0 Å². The Morgan fingerprint density at radius 2 is 1.36 bits per heavy atom. The lowest BCUT2D eigenvalue weighted by Gasteiger charge is -2.38. The van der Waals surface area contributed by atoms with E-state index < -0.39 is 0 Å². The largest absolute Gasteiger partial charge is 0.0678 e. The van der Waals surface area contributed by atoms with Gasteiger partial charge in [-0.3, -0.25) is 0 Å². The molecular formula is C12H16I2. The van der Waals surface area contributed by atoms with Crippen molar-refractivity contribution in [2.75, 3.05) is 0 Å². The monoisotopic (exact) mass is 414 g/mol. The highest BCUT2D eigenvalue weighted by atomic mass is 127. The molecule has 0 bridgehead atoms. The van der Waals surface area contributed by atoms with Gasteiger partial charge in [-0.1, -0.05) is 26.0 Å². The lowest BCUT2D eigenvalue weighted by atomic mass is 9.64. The summed E-state index contributed by atoms with van der Waals surface area (Å²) in [5.74, 6) is 0. The lowest BCUT2D eigenvalue weighted by Crippen LogP contribution is -2.31. The second-order valence-corrected chi connectivity index (χ2v) is 7.33. The summed E-state index contributed by atoms with van der Waals surface area (Å²) in [6.45, 7) is 4.69. The molecule has 2 heteroatoms. The third-order valence-electron chi connectivity index (χ3n) is 4.09. The van der Waals surface area contributed by atoms with Gasteiger partial charge in [-0.25, -0.2) is 0 Å². The maximum atomic E-state index is 2.55. The first-order valence-electron chi connectivity index (χ1n) is 5.32. The molecule has 0 radical (unpaired) electrons. The van der Waals surface area contributed by atoms with Crippen molar-refractivity contribution in [2.45, 2.75) is 39.5 Å². The van der Waals surface area contributed by atoms with Crippen molar-refractivity contribution in [3.8, 4) is 0 Å². The normalized spacial score (nSPS) is 40.9. The van der Waals surface area contributed by atoms with Crippen molar-refractivity contribution >= 4 is 45.2 Å². The predicted molar refractivity (Wildman–Crippen MR) is 78.9 cm³/mol. The Kier molecular flexibility index (Phi) is 3.06. The summed E-state index contributed by atoms with van der Waals surface area (Å²) in [5.41, 5.74) is 0.934. The van der Waals surface area contributed by atoms with E-state index >= 15 is 0 Å². The first-order valence-corrected chi connectivity index (χ1v) is 7.48. The Balaban J connectivity index is 2.45. The summed E-state index contributed by atoms with van der Waals surface area (Å²) < 4.78 is 3.15. The molecule has 0 unspecified atom stereocenters.